The van der Waals surface area contributed by atoms with E-state index in [4.69, 9.17) is 4.74 Å². The minimum Gasteiger partial charge on any atom is -0.469 e. The number of carbonyl (C=O) groups excluding carboxylic acids is 3. The molecule has 2 amide bonds. The average Bonchev–Trinajstić information content (AvgIpc) is 2.65. The van der Waals surface area contributed by atoms with E-state index in [0.717, 1.165) is 5.56 Å². The van der Waals surface area contributed by atoms with Crippen molar-refractivity contribution in [2.75, 3.05) is 25.2 Å². The van der Waals surface area contributed by atoms with E-state index in [-0.39, 0.29) is 25.0 Å². The van der Waals surface area contributed by atoms with Crippen LogP contribution in [0.3, 0.4) is 0 Å². The smallest absolute Gasteiger partial charge is 0.338 e. The summed E-state index contributed by atoms with van der Waals surface area (Å²) in [5.41, 5.74) is 1.67. The molecule has 1 aromatic rings. The standard InChI is InChI=1S/C18H22N2O5S/c1-3-25-17(22)15-13(11-26-10-9-14(21)24-2)19-18(23)20-16(15)12-7-5-4-6-8-12/h4-8,16H,3,9-11H2,1-2H3,(H2,19,20,23)/t16-/m0/s1. The van der Waals surface area contributed by atoms with Gasteiger partial charge in [-0.25, -0.2) is 9.59 Å². The van der Waals surface area contributed by atoms with Crippen molar-refractivity contribution < 1.29 is 23.9 Å². The lowest BCUT2D eigenvalue weighted by Crippen LogP contribution is -2.46. The third kappa shape index (κ3) is 5.26. The van der Waals surface area contributed by atoms with Gasteiger partial charge in [0, 0.05) is 17.2 Å². The zero-order valence-electron chi connectivity index (χ0n) is 14.7. The van der Waals surface area contributed by atoms with Crippen molar-refractivity contribution in [2.45, 2.75) is 19.4 Å². The molecular formula is C18H22N2O5S. The van der Waals surface area contributed by atoms with Gasteiger partial charge < -0.3 is 20.1 Å². The van der Waals surface area contributed by atoms with Gasteiger partial charge in [-0.15, -0.1) is 0 Å². The molecule has 0 aliphatic carbocycles. The first-order valence-electron chi connectivity index (χ1n) is 8.24. The van der Waals surface area contributed by atoms with Gasteiger partial charge in [-0.2, -0.15) is 11.8 Å². The summed E-state index contributed by atoms with van der Waals surface area (Å²) in [6.07, 6.45) is 0.261. The predicted octanol–water partition coefficient (Wildman–Crippen LogP) is 2.15. The SMILES string of the molecule is CCOC(=O)C1=C(CSCCC(=O)OC)NC(=O)N[C@H]1c1ccccc1. The number of nitrogens with one attached hydrogen (secondary N) is 2. The summed E-state index contributed by atoms with van der Waals surface area (Å²) in [5.74, 6) is 0.124. The lowest BCUT2D eigenvalue weighted by Gasteiger charge is -2.29. The minimum atomic E-state index is -0.583. The number of esters is 2. The minimum absolute atomic E-state index is 0.237. The number of urea groups is 1. The van der Waals surface area contributed by atoms with Crippen LogP contribution in [0.25, 0.3) is 0 Å². The molecule has 0 aromatic heterocycles. The van der Waals surface area contributed by atoms with E-state index in [9.17, 15) is 14.4 Å². The Balaban J connectivity index is 2.25. The summed E-state index contributed by atoms with van der Waals surface area (Å²) in [4.78, 5) is 35.8. The van der Waals surface area contributed by atoms with Crippen LogP contribution >= 0.6 is 11.8 Å². The highest BCUT2D eigenvalue weighted by molar-refractivity contribution is 7.99. The molecule has 8 heteroatoms. The lowest BCUT2D eigenvalue weighted by atomic mass is 9.95. The number of methoxy groups -OCH3 is 1. The van der Waals surface area contributed by atoms with Gasteiger partial charge in [0.1, 0.15) is 0 Å². The molecule has 0 bridgehead atoms. The normalized spacial score (nSPS) is 16.5. The molecule has 1 aliphatic rings. The zero-order valence-corrected chi connectivity index (χ0v) is 15.6. The Bertz CT molecular complexity index is 690. The van der Waals surface area contributed by atoms with E-state index < -0.39 is 12.0 Å². The number of rotatable bonds is 8. The van der Waals surface area contributed by atoms with Crippen molar-refractivity contribution >= 4 is 29.7 Å². The molecule has 0 saturated carbocycles. The molecule has 0 spiro atoms. The Morgan fingerprint density at radius 3 is 2.62 bits per heavy atom. The Labute approximate surface area is 156 Å². The fourth-order valence-corrected chi connectivity index (χ4v) is 3.40. The van der Waals surface area contributed by atoms with Crippen LogP contribution in [0, 0.1) is 0 Å². The van der Waals surface area contributed by atoms with E-state index in [2.05, 4.69) is 15.4 Å². The molecule has 0 fully saturated rings. The molecule has 26 heavy (non-hydrogen) atoms. The van der Waals surface area contributed by atoms with Gasteiger partial charge in [-0.3, -0.25) is 4.79 Å². The van der Waals surface area contributed by atoms with Crippen LogP contribution in [-0.4, -0.2) is 43.2 Å². The molecule has 1 heterocycles. The summed E-state index contributed by atoms with van der Waals surface area (Å²) in [5, 5.41) is 5.48. The van der Waals surface area contributed by atoms with Crippen molar-refractivity contribution in [3.05, 3.63) is 47.2 Å². The van der Waals surface area contributed by atoms with Gasteiger partial charge in [-0.05, 0) is 12.5 Å². The second kappa shape index (κ2) is 9.86. The second-order valence-corrected chi connectivity index (χ2v) is 6.54. The maximum atomic E-state index is 12.5. The number of amides is 2. The molecule has 0 radical (unpaired) electrons. The summed E-state index contributed by atoms with van der Waals surface area (Å²) in [6.45, 7) is 1.97. The van der Waals surface area contributed by atoms with E-state index >= 15 is 0 Å². The van der Waals surface area contributed by atoms with Crippen LogP contribution < -0.4 is 10.6 Å². The maximum absolute atomic E-state index is 12.5. The number of benzene rings is 1. The molecule has 1 aromatic carbocycles. The quantitative estimate of drug-likeness (QED) is 0.532. The molecule has 1 aliphatic heterocycles. The first kappa shape index (κ1) is 19.8. The lowest BCUT2D eigenvalue weighted by molar-refractivity contribution is -0.140. The fourth-order valence-electron chi connectivity index (χ4n) is 2.51. The molecule has 1 atom stereocenters. The zero-order chi connectivity index (χ0) is 18.9. The van der Waals surface area contributed by atoms with Crippen molar-refractivity contribution in [1.29, 1.82) is 0 Å². The predicted molar refractivity (Wildman–Crippen MR) is 98.5 cm³/mol. The van der Waals surface area contributed by atoms with Gasteiger partial charge in [0.05, 0.1) is 31.8 Å². The van der Waals surface area contributed by atoms with Gasteiger partial charge in [-0.1, -0.05) is 30.3 Å². The van der Waals surface area contributed by atoms with Crippen LogP contribution in [0.2, 0.25) is 0 Å². The first-order valence-corrected chi connectivity index (χ1v) is 9.39. The monoisotopic (exact) mass is 378 g/mol. The molecule has 2 rings (SSSR count). The number of ether oxygens (including phenoxy) is 2. The van der Waals surface area contributed by atoms with Crippen LogP contribution in [0.4, 0.5) is 4.79 Å². The highest BCUT2D eigenvalue weighted by Crippen LogP contribution is 2.29. The molecule has 7 nitrogen and oxygen atoms in total. The third-order valence-electron chi connectivity index (χ3n) is 3.71. The van der Waals surface area contributed by atoms with E-state index in [1.807, 2.05) is 30.3 Å². The van der Waals surface area contributed by atoms with E-state index in [0.29, 0.717) is 22.8 Å². The molecule has 140 valence electrons. The maximum Gasteiger partial charge on any atom is 0.338 e. The van der Waals surface area contributed by atoms with Crippen LogP contribution in [-0.2, 0) is 19.1 Å². The number of carbonyl (C=O) groups is 3. The van der Waals surface area contributed by atoms with Crippen LogP contribution in [0.5, 0.6) is 0 Å². The Morgan fingerprint density at radius 1 is 1.23 bits per heavy atom. The van der Waals surface area contributed by atoms with Crippen molar-refractivity contribution in [2.24, 2.45) is 0 Å². The largest absolute Gasteiger partial charge is 0.469 e. The van der Waals surface area contributed by atoms with Gasteiger partial charge >= 0.3 is 18.0 Å². The van der Waals surface area contributed by atoms with Crippen LogP contribution in [0.15, 0.2) is 41.6 Å². The highest BCUT2D eigenvalue weighted by atomic mass is 32.2. The Morgan fingerprint density at radius 2 is 1.96 bits per heavy atom. The molecule has 0 unspecified atom stereocenters. The Kier molecular flexibility index (Phi) is 7.53. The van der Waals surface area contributed by atoms with Gasteiger partial charge in [0.15, 0.2) is 0 Å². The van der Waals surface area contributed by atoms with E-state index in [1.54, 1.807) is 6.92 Å². The topological polar surface area (TPSA) is 93.7 Å². The number of hydrogen-bond donors (Lipinski definition) is 2. The molecule has 2 N–H and O–H groups in total. The highest BCUT2D eigenvalue weighted by Gasteiger charge is 2.33. The van der Waals surface area contributed by atoms with Crippen LogP contribution in [0.1, 0.15) is 24.9 Å². The average molecular weight is 378 g/mol. The van der Waals surface area contributed by atoms with Gasteiger partial charge in [0.25, 0.3) is 0 Å². The molecular weight excluding hydrogens is 356 g/mol. The summed E-state index contributed by atoms with van der Waals surface area (Å²) >= 11 is 1.43. The van der Waals surface area contributed by atoms with Crippen molar-refractivity contribution in [3.8, 4) is 0 Å². The van der Waals surface area contributed by atoms with Crippen molar-refractivity contribution in [3.63, 3.8) is 0 Å². The van der Waals surface area contributed by atoms with Crippen molar-refractivity contribution in [1.82, 2.24) is 10.6 Å². The summed E-state index contributed by atoms with van der Waals surface area (Å²) < 4.78 is 9.80. The number of thioether (sulfide) groups is 1. The second-order valence-electron chi connectivity index (χ2n) is 5.43. The summed E-state index contributed by atoms with van der Waals surface area (Å²) in [6, 6.07) is 8.28. The summed E-state index contributed by atoms with van der Waals surface area (Å²) in [7, 11) is 1.34. The third-order valence-corrected chi connectivity index (χ3v) is 4.69. The Hall–Kier alpha value is -2.48. The first-order chi connectivity index (χ1) is 12.6. The fraction of sp³-hybridized carbons (Fsp3) is 0.389. The number of hydrogen-bond acceptors (Lipinski definition) is 6. The van der Waals surface area contributed by atoms with Gasteiger partial charge in [0.2, 0.25) is 0 Å². The van der Waals surface area contributed by atoms with E-state index in [1.165, 1.54) is 18.9 Å². The molecule has 0 saturated heterocycles.